The zero-order chi connectivity index (χ0) is 18.5. The lowest BCUT2D eigenvalue weighted by atomic mass is 10.2. The smallest absolute Gasteiger partial charge is 0.236 e. The third kappa shape index (κ3) is 5.97. The van der Waals surface area contributed by atoms with Crippen LogP contribution in [0.4, 0.5) is 0 Å². The molecule has 1 heterocycles. The number of benzene rings is 1. The van der Waals surface area contributed by atoms with Gasteiger partial charge in [0.25, 0.3) is 0 Å². The third-order valence-corrected chi connectivity index (χ3v) is 5.02. The first kappa shape index (κ1) is 19.1. The van der Waals surface area contributed by atoms with Gasteiger partial charge in [-0.3, -0.25) is 19.4 Å². The minimum atomic E-state index is 0.00846. The molecule has 2 fully saturated rings. The van der Waals surface area contributed by atoms with Gasteiger partial charge in [-0.05, 0) is 37.6 Å². The van der Waals surface area contributed by atoms with Crippen molar-refractivity contribution in [3.05, 3.63) is 34.9 Å². The molecule has 1 aromatic carbocycles. The Balaban J connectivity index is 1.38. The summed E-state index contributed by atoms with van der Waals surface area (Å²) in [6.45, 7) is 4.56. The Hall–Kier alpha value is -1.63. The molecule has 0 radical (unpaired) electrons. The fourth-order valence-corrected chi connectivity index (χ4v) is 3.39. The van der Waals surface area contributed by atoms with E-state index in [1.807, 2.05) is 30.1 Å². The topological polar surface area (TPSA) is 55.9 Å². The number of nitrogens with zero attached hydrogens (tertiary/aromatic N) is 3. The fourth-order valence-electron chi connectivity index (χ4n) is 3.18. The standard InChI is InChI=1S/C19H27ClN4O2/c1-22(13-18(25)21-17-5-6-17)14-19(26)24-9-7-23(8-10-24)12-15-3-2-4-16(20)11-15/h2-4,11,17H,5-10,12-14H2,1H3,(H,21,25). The van der Waals surface area contributed by atoms with Crippen LogP contribution < -0.4 is 5.32 Å². The summed E-state index contributed by atoms with van der Waals surface area (Å²) in [6.07, 6.45) is 2.15. The van der Waals surface area contributed by atoms with Crippen LogP contribution in [-0.4, -0.2) is 78.9 Å². The lowest BCUT2D eigenvalue weighted by molar-refractivity contribution is -0.134. The van der Waals surface area contributed by atoms with E-state index in [1.54, 1.807) is 4.90 Å². The molecule has 1 aromatic rings. The van der Waals surface area contributed by atoms with E-state index in [0.717, 1.165) is 50.6 Å². The molecular weight excluding hydrogens is 352 g/mol. The van der Waals surface area contributed by atoms with Crippen molar-refractivity contribution in [2.75, 3.05) is 46.3 Å². The maximum Gasteiger partial charge on any atom is 0.236 e. The van der Waals surface area contributed by atoms with Gasteiger partial charge in [0.15, 0.2) is 0 Å². The van der Waals surface area contributed by atoms with Crippen LogP contribution in [0.1, 0.15) is 18.4 Å². The van der Waals surface area contributed by atoms with Crippen molar-refractivity contribution in [1.29, 1.82) is 0 Å². The Morgan fingerprint density at radius 2 is 1.92 bits per heavy atom. The molecule has 3 rings (SSSR count). The Morgan fingerprint density at radius 3 is 2.58 bits per heavy atom. The van der Waals surface area contributed by atoms with Crippen molar-refractivity contribution in [3.63, 3.8) is 0 Å². The molecule has 1 aliphatic heterocycles. The molecular formula is C19H27ClN4O2. The number of hydrogen-bond acceptors (Lipinski definition) is 4. The second kappa shape index (κ2) is 8.84. The summed E-state index contributed by atoms with van der Waals surface area (Å²) in [5.41, 5.74) is 1.19. The van der Waals surface area contributed by atoms with E-state index in [4.69, 9.17) is 11.6 Å². The Kier molecular flexibility index (Phi) is 6.51. The van der Waals surface area contributed by atoms with Crippen molar-refractivity contribution in [3.8, 4) is 0 Å². The van der Waals surface area contributed by atoms with Crippen LogP contribution in [-0.2, 0) is 16.1 Å². The van der Waals surface area contributed by atoms with Crippen LogP contribution in [0.15, 0.2) is 24.3 Å². The average molecular weight is 379 g/mol. The maximum absolute atomic E-state index is 12.5. The molecule has 1 N–H and O–H groups in total. The number of halogens is 1. The largest absolute Gasteiger partial charge is 0.352 e. The second-order valence-corrected chi connectivity index (χ2v) is 7.74. The summed E-state index contributed by atoms with van der Waals surface area (Å²) in [5.74, 6) is 0.100. The molecule has 0 spiro atoms. The molecule has 7 heteroatoms. The Labute approximate surface area is 160 Å². The first-order chi connectivity index (χ1) is 12.5. The lowest BCUT2D eigenvalue weighted by Crippen LogP contribution is -2.51. The van der Waals surface area contributed by atoms with Crippen molar-refractivity contribution < 1.29 is 9.59 Å². The number of nitrogens with one attached hydrogen (secondary N) is 1. The van der Waals surface area contributed by atoms with E-state index < -0.39 is 0 Å². The van der Waals surface area contributed by atoms with Gasteiger partial charge in [-0.1, -0.05) is 23.7 Å². The second-order valence-electron chi connectivity index (χ2n) is 7.30. The van der Waals surface area contributed by atoms with Gasteiger partial charge < -0.3 is 10.2 Å². The van der Waals surface area contributed by atoms with Crippen molar-refractivity contribution in [1.82, 2.24) is 20.0 Å². The highest BCUT2D eigenvalue weighted by atomic mass is 35.5. The average Bonchev–Trinajstić information content (AvgIpc) is 3.39. The number of rotatable bonds is 7. The summed E-state index contributed by atoms with van der Waals surface area (Å²) in [6, 6.07) is 8.26. The highest BCUT2D eigenvalue weighted by molar-refractivity contribution is 6.30. The zero-order valence-corrected chi connectivity index (χ0v) is 16.0. The normalized spacial score (nSPS) is 18.2. The van der Waals surface area contributed by atoms with E-state index >= 15 is 0 Å². The summed E-state index contributed by atoms with van der Waals surface area (Å²) >= 11 is 6.04. The molecule has 2 aliphatic rings. The molecule has 142 valence electrons. The summed E-state index contributed by atoms with van der Waals surface area (Å²) < 4.78 is 0. The van der Waals surface area contributed by atoms with Gasteiger partial charge in [-0.2, -0.15) is 0 Å². The Morgan fingerprint density at radius 1 is 1.19 bits per heavy atom. The molecule has 0 aromatic heterocycles. The fraction of sp³-hybridized carbons (Fsp3) is 0.579. The monoisotopic (exact) mass is 378 g/mol. The quantitative estimate of drug-likeness (QED) is 0.774. The van der Waals surface area contributed by atoms with E-state index in [1.165, 1.54) is 5.56 Å². The van der Waals surface area contributed by atoms with Crippen molar-refractivity contribution >= 4 is 23.4 Å². The van der Waals surface area contributed by atoms with Crippen LogP contribution in [0.3, 0.4) is 0 Å². The summed E-state index contributed by atoms with van der Waals surface area (Å²) in [7, 11) is 1.82. The summed E-state index contributed by atoms with van der Waals surface area (Å²) in [5, 5.41) is 3.70. The predicted octanol–water partition coefficient (Wildman–Crippen LogP) is 1.19. The molecule has 1 saturated heterocycles. The molecule has 0 bridgehead atoms. The van der Waals surface area contributed by atoms with Crippen molar-refractivity contribution in [2.45, 2.75) is 25.4 Å². The van der Waals surface area contributed by atoms with E-state index in [9.17, 15) is 9.59 Å². The number of carbonyl (C=O) groups excluding carboxylic acids is 2. The van der Waals surface area contributed by atoms with Crippen LogP contribution >= 0.6 is 11.6 Å². The minimum Gasteiger partial charge on any atom is -0.352 e. The minimum absolute atomic E-state index is 0.00846. The van der Waals surface area contributed by atoms with Gasteiger partial charge >= 0.3 is 0 Å². The van der Waals surface area contributed by atoms with Crippen LogP contribution in [0.5, 0.6) is 0 Å². The first-order valence-electron chi connectivity index (χ1n) is 9.22. The molecule has 1 aliphatic carbocycles. The van der Waals surface area contributed by atoms with E-state index in [0.29, 0.717) is 6.04 Å². The van der Waals surface area contributed by atoms with E-state index in [-0.39, 0.29) is 24.9 Å². The first-order valence-corrected chi connectivity index (χ1v) is 9.60. The summed E-state index contributed by atoms with van der Waals surface area (Å²) in [4.78, 5) is 30.3. The molecule has 6 nitrogen and oxygen atoms in total. The van der Waals surface area contributed by atoms with Crippen LogP contribution in [0.2, 0.25) is 5.02 Å². The lowest BCUT2D eigenvalue weighted by Gasteiger charge is -2.35. The Bertz CT molecular complexity index is 642. The molecule has 0 atom stereocenters. The third-order valence-electron chi connectivity index (χ3n) is 4.78. The number of likely N-dealkylation sites (N-methyl/N-ethyl adjacent to an activating group) is 1. The van der Waals surface area contributed by atoms with Crippen LogP contribution in [0, 0.1) is 0 Å². The van der Waals surface area contributed by atoms with Gasteiger partial charge in [0, 0.05) is 43.8 Å². The highest BCUT2D eigenvalue weighted by Crippen LogP contribution is 2.18. The molecule has 0 unspecified atom stereocenters. The SMILES string of the molecule is CN(CC(=O)NC1CC1)CC(=O)N1CCN(Cc2cccc(Cl)c2)CC1. The van der Waals surface area contributed by atoms with Crippen LogP contribution in [0.25, 0.3) is 0 Å². The number of piperazine rings is 1. The van der Waals surface area contributed by atoms with Gasteiger partial charge in [0.2, 0.25) is 11.8 Å². The number of carbonyl (C=O) groups is 2. The zero-order valence-electron chi connectivity index (χ0n) is 15.3. The number of hydrogen-bond donors (Lipinski definition) is 1. The van der Waals surface area contributed by atoms with Gasteiger partial charge in [-0.25, -0.2) is 0 Å². The van der Waals surface area contributed by atoms with E-state index in [2.05, 4.69) is 16.3 Å². The molecule has 2 amide bonds. The maximum atomic E-state index is 12.5. The number of amides is 2. The highest BCUT2D eigenvalue weighted by Gasteiger charge is 2.25. The van der Waals surface area contributed by atoms with Gasteiger partial charge in [0.05, 0.1) is 13.1 Å². The molecule has 26 heavy (non-hydrogen) atoms. The predicted molar refractivity (Wildman–Crippen MR) is 102 cm³/mol. The molecule has 1 saturated carbocycles. The van der Waals surface area contributed by atoms with Gasteiger partial charge in [0.1, 0.15) is 0 Å². The van der Waals surface area contributed by atoms with Gasteiger partial charge in [-0.15, -0.1) is 0 Å². The van der Waals surface area contributed by atoms with Crippen molar-refractivity contribution in [2.24, 2.45) is 0 Å².